The summed E-state index contributed by atoms with van der Waals surface area (Å²) in [4.78, 5) is 73.0. The van der Waals surface area contributed by atoms with Crippen LogP contribution in [0.5, 0.6) is 0 Å². The van der Waals surface area contributed by atoms with E-state index in [2.05, 4.69) is 41.5 Å². The van der Waals surface area contributed by atoms with Crippen LogP contribution in [0, 0.1) is 11.8 Å². The second-order valence-electron chi connectivity index (χ2n) is 29.5. The quantitative estimate of drug-likeness (QED) is 0.0222. The molecule has 0 amide bonds. The van der Waals surface area contributed by atoms with E-state index in [0.29, 0.717) is 25.7 Å². The number of aliphatic hydroxyl groups is 1. The lowest BCUT2D eigenvalue weighted by molar-refractivity contribution is -0.161. The molecule has 0 aromatic rings. The van der Waals surface area contributed by atoms with Gasteiger partial charge in [-0.3, -0.25) is 37.3 Å². The molecule has 3 unspecified atom stereocenters. The van der Waals surface area contributed by atoms with Gasteiger partial charge in [0.15, 0.2) is 12.2 Å². The molecule has 588 valence electrons. The SMILES string of the molecule is CCCCCCCCCCCCCCCCCCCC(=O)OC[C@H](COP(=O)(O)OC[C@@H](O)COP(=O)(O)OC[C@@H](COC(=O)CCCCCCCCCCC(C)CC)OC(=O)CCCCCCCCCCCCC(C)C)OC(=O)CCCCCCCCCCCCCCCCCCC. The van der Waals surface area contributed by atoms with Crippen molar-refractivity contribution in [1.82, 2.24) is 0 Å². The largest absolute Gasteiger partial charge is 0.472 e. The van der Waals surface area contributed by atoms with Crippen molar-refractivity contribution in [2.75, 3.05) is 39.6 Å². The third-order valence-electron chi connectivity index (χ3n) is 19.1. The molecule has 0 bridgehead atoms. The van der Waals surface area contributed by atoms with E-state index in [1.54, 1.807) is 0 Å². The highest BCUT2D eigenvalue weighted by Crippen LogP contribution is 2.45. The number of hydrogen-bond donors (Lipinski definition) is 3. The van der Waals surface area contributed by atoms with Crippen molar-refractivity contribution in [3.63, 3.8) is 0 Å². The number of aliphatic hydroxyl groups excluding tert-OH is 1. The van der Waals surface area contributed by atoms with Gasteiger partial charge in [-0.2, -0.15) is 0 Å². The average molecular weight is 1450 g/mol. The monoisotopic (exact) mass is 1450 g/mol. The fourth-order valence-corrected chi connectivity index (χ4v) is 13.9. The van der Waals surface area contributed by atoms with Crippen molar-refractivity contribution in [2.24, 2.45) is 11.8 Å². The van der Waals surface area contributed by atoms with Crippen LogP contribution in [-0.2, 0) is 65.4 Å². The van der Waals surface area contributed by atoms with E-state index in [0.717, 1.165) is 102 Å². The molecule has 0 fully saturated rings. The molecular formula is C80H156O17P2. The van der Waals surface area contributed by atoms with Crippen LogP contribution in [0.2, 0.25) is 0 Å². The van der Waals surface area contributed by atoms with Crippen LogP contribution in [0.15, 0.2) is 0 Å². The van der Waals surface area contributed by atoms with Gasteiger partial charge in [-0.25, -0.2) is 9.13 Å². The van der Waals surface area contributed by atoms with Gasteiger partial charge in [-0.05, 0) is 37.5 Å². The first-order valence-corrected chi connectivity index (χ1v) is 44.5. The highest BCUT2D eigenvalue weighted by Gasteiger charge is 2.30. The van der Waals surface area contributed by atoms with E-state index >= 15 is 0 Å². The van der Waals surface area contributed by atoms with Crippen LogP contribution >= 0.6 is 15.6 Å². The van der Waals surface area contributed by atoms with Crippen molar-refractivity contribution in [2.45, 2.75) is 439 Å². The van der Waals surface area contributed by atoms with Crippen LogP contribution in [0.25, 0.3) is 0 Å². The Labute approximate surface area is 607 Å². The molecule has 0 saturated heterocycles. The number of esters is 4. The van der Waals surface area contributed by atoms with Gasteiger partial charge in [-0.15, -0.1) is 0 Å². The van der Waals surface area contributed by atoms with E-state index in [-0.39, 0.29) is 25.7 Å². The van der Waals surface area contributed by atoms with Gasteiger partial charge in [0.2, 0.25) is 0 Å². The predicted molar refractivity (Wildman–Crippen MR) is 405 cm³/mol. The first-order chi connectivity index (χ1) is 47.9. The second kappa shape index (κ2) is 71.7. The molecular weight excluding hydrogens is 1290 g/mol. The van der Waals surface area contributed by atoms with Crippen LogP contribution < -0.4 is 0 Å². The van der Waals surface area contributed by atoms with E-state index in [4.69, 9.17) is 37.0 Å². The summed E-state index contributed by atoms with van der Waals surface area (Å²) in [6.45, 7) is 9.63. The topological polar surface area (TPSA) is 237 Å². The Bertz CT molecular complexity index is 1910. The number of hydrogen-bond acceptors (Lipinski definition) is 15. The molecule has 0 radical (unpaired) electrons. The Hall–Kier alpha value is -1.94. The van der Waals surface area contributed by atoms with Crippen molar-refractivity contribution in [1.29, 1.82) is 0 Å². The van der Waals surface area contributed by atoms with Crippen LogP contribution in [0.1, 0.15) is 420 Å². The third kappa shape index (κ3) is 72.8. The van der Waals surface area contributed by atoms with Gasteiger partial charge in [0.1, 0.15) is 19.3 Å². The molecule has 0 rings (SSSR count). The molecule has 17 nitrogen and oxygen atoms in total. The van der Waals surface area contributed by atoms with Crippen molar-refractivity contribution < 1.29 is 80.2 Å². The maximum Gasteiger partial charge on any atom is 0.472 e. The zero-order chi connectivity index (χ0) is 72.8. The zero-order valence-corrected chi connectivity index (χ0v) is 66.6. The van der Waals surface area contributed by atoms with E-state index in [1.807, 2.05) is 0 Å². The standard InChI is InChI=1S/C80H156O17P2/c1-7-10-12-14-16-18-20-22-24-26-28-30-32-37-44-50-56-62-77(82)90-68-75(96-79(84)64-58-52-46-38-33-31-29-27-25-23-21-19-17-15-13-11-8-2)70-94-98(86,87)92-66-74(81)67-93-99(88,89)95-71-76(69-91-78(83)63-57-51-45-41-40-43-49-55-61-73(6)9-3)97-80(85)65-59-53-47-39-35-34-36-42-48-54-60-72(4)5/h72-76,81H,7-71H2,1-6H3,(H,86,87)(H,88,89)/t73?,74-,75-,76-/m1/s1. The summed E-state index contributed by atoms with van der Waals surface area (Å²) in [5, 5.41) is 10.6. The maximum atomic E-state index is 13.1. The number of phosphoric acid groups is 2. The Morgan fingerprint density at radius 1 is 0.293 bits per heavy atom. The number of carbonyl (C=O) groups is 4. The van der Waals surface area contributed by atoms with Crippen LogP contribution in [0.4, 0.5) is 0 Å². The highest BCUT2D eigenvalue weighted by atomic mass is 31.2. The lowest BCUT2D eigenvalue weighted by atomic mass is 9.99. The van der Waals surface area contributed by atoms with Gasteiger partial charge >= 0.3 is 39.5 Å². The molecule has 0 aliphatic rings. The average Bonchev–Trinajstić information content (AvgIpc) is 1.04. The maximum absolute atomic E-state index is 13.1. The predicted octanol–water partition coefficient (Wildman–Crippen LogP) is 23.9. The molecule has 6 atom stereocenters. The van der Waals surface area contributed by atoms with Gasteiger partial charge in [0.05, 0.1) is 26.4 Å². The van der Waals surface area contributed by atoms with Crippen molar-refractivity contribution in [3.05, 3.63) is 0 Å². The van der Waals surface area contributed by atoms with Crippen LogP contribution in [0.3, 0.4) is 0 Å². The molecule has 0 saturated carbocycles. The third-order valence-corrected chi connectivity index (χ3v) is 21.0. The second-order valence-corrected chi connectivity index (χ2v) is 32.4. The Morgan fingerprint density at radius 2 is 0.515 bits per heavy atom. The number of unbranched alkanes of at least 4 members (excludes halogenated alkanes) is 48. The van der Waals surface area contributed by atoms with E-state index in [1.165, 1.54) is 238 Å². The minimum absolute atomic E-state index is 0.106. The Balaban J connectivity index is 5.26. The molecule has 0 heterocycles. The summed E-state index contributed by atoms with van der Waals surface area (Å²) >= 11 is 0. The molecule has 0 aromatic heterocycles. The van der Waals surface area contributed by atoms with Gasteiger partial charge < -0.3 is 33.8 Å². The Morgan fingerprint density at radius 3 is 0.768 bits per heavy atom. The molecule has 0 aromatic carbocycles. The lowest BCUT2D eigenvalue weighted by Crippen LogP contribution is -2.30. The summed E-state index contributed by atoms with van der Waals surface area (Å²) in [5.74, 6) is -0.580. The first kappa shape index (κ1) is 97.1. The minimum atomic E-state index is -4.96. The normalized spacial score (nSPS) is 14.2. The summed E-state index contributed by atoms with van der Waals surface area (Å²) in [6.07, 6.45) is 60.9. The molecule has 0 aliphatic heterocycles. The van der Waals surface area contributed by atoms with Gasteiger partial charge in [0.25, 0.3) is 0 Å². The van der Waals surface area contributed by atoms with Gasteiger partial charge in [-0.1, -0.05) is 369 Å². The van der Waals surface area contributed by atoms with Gasteiger partial charge in [0, 0.05) is 25.7 Å². The zero-order valence-electron chi connectivity index (χ0n) is 64.8. The molecule has 99 heavy (non-hydrogen) atoms. The molecule has 0 aliphatic carbocycles. The number of rotatable bonds is 79. The summed E-state index contributed by atoms with van der Waals surface area (Å²) in [6, 6.07) is 0. The van der Waals surface area contributed by atoms with E-state index in [9.17, 15) is 43.2 Å². The lowest BCUT2D eigenvalue weighted by Gasteiger charge is -2.21. The number of carbonyl (C=O) groups excluding carboxylic acids is 4. The molecule has 3 N–H and O–H groups in total. The van der Waals surface area contributed by atoms with E-state index < -0.39 is 97.5 Å². The molecule has 0 spiro atoms. The minimum Gasteiger partial charge on any atom is -0.462 e. The highest BCUT2D eigenvalue weighted by molar-refractivity contribution is 7.47. The summed E-state index contributed by atoms with van der Waals surface area (Å²) in [5.41, 5.74) is 0. The van der Waals surface area contributed by atoms with Crippen molar-refractivity contribution >= 4 is 39.5 Å². The number of ether oxygens (including phenoxy) is 4. The van der Waals surface area contributed by atoms with Crippen LogP contribution in [-0.4, -0.2) is 96.7 Å². The smallest absolute Gasteiger partial charge is 0.462 e. The fraction of sp³-hybridized carbons (Fsp3) is 0.950. The first-order valence-electron chi connectivity index (χ1n) is 41.5. The summed E-state index contributed by atoms with van der Waals surface area (Å²) < 4.78 is 68.7. The fourth-order valence-electron chi connectivity index (χ4n) is 12.3. The Kier molecular flexibility index (Phi) is 70.3. The van der Waals surface area contributed by atoms with Crippen molar-refractivity contribution in [3.8, 4) is 0 Å². The molecule has 19 heteroatoms. The summed E-state index contributed by atoms with van der Waals surface area (Å²) in [7, 11) is -9.92. The number of phosphoric ester groups is 2.